The van der Waals surface area contributed by atoms with Crippen molar-refractivity contribution in [3.05, 3.63) is 288 Å². The van der Waals surface area contributed by atoms with E-state index in [4.69, 9.17) is 0 Å². The zero-order chi connectivity index (χ0) is 44.2. The Kier molecular flexibility index (Phi) is 9.43. The molecule has 2 aliphatic rings. The fraction of sp³-hybridized carbons (Fsp3) is 0.0625. The van der Waals surface area contributed by atoms with E-state index in [2.05, 4.69) is 278 Å². The fourth-order valence-electron chi connectivity index (χ4n) is 11.0. The summed E-state index contributed by atoms with van der Waals surface area (Å²) in [5.41, 5.74) is 21.3. The van der Waals surface area contributed by atoms with Crippen molar-refractivity contribution in [1.82, 2.24) is 0 Å². The van der Waals surface area contributed by atoms with E-state index in [1.807, 2.05) is 0 Å². The first-order chi connectivity index (χ1) is 32.5. The smallest absolute Gasteiger partial charge is 0.0742 e. The van der Waals surface area contributed by atoms with Gasteiger partial charge in [0.25, 0.3) is 0 Å². The zero-order valence-electron chi connectivity index (χ0n) is 37.1. The highest BCUT2D eigenvalue weighted by atomic mass is 15.2. The van der Waals surface area contributed by atoms with Crippen LogP contribution in [0.4, 0.5) is 34.1 Å². The summed E-state index contributed by atoms with van der Waals surface area (Å²) in [7, 11) is 0. The van der Waals surface area contributed by atoms with Crippen molar-refractivity contribution < 1.29 is 0 Å². The monoisotopic (exact) mass is 844 g/mol. The van der Waals surface area contributed by atoms with Gasteiger partial charge in [-0.15, -0.1) is 0 Å². The first kappa shape index (κ1) is 39.4. The van der Waals surface area contributed by atoms with E-state index in [1.165, 1.54) is 78.1 Å². The molecule has 2 heteroatoms. The summed E-state index contributed by atoms with van der Waals surface area (Å²) < 4.78 is 0. The molecule has 0 bridgehead atoms. The highest BCUT2D eigenvalue weighted by Crippen LogP contribution is 2.59. The topological polar surface area (TPSA) is 6.48 Å². The molecule has 2 nitrogen and oxygen atoms in total. The molecule has 1 aliphatic heterocycles. The van der Waals surface area contributed by atoms with Crippen molar-refractivity contribution in [2.45, 2.75) is 24.7 Å². The fourth-order valence-corrected chi connectivity index (χ4v) is 11.0. The molecule has 314 valence electrons. The van der Waals surface area contributed by atoms with Gasteiger partial charge in [0, 0.05) is 28.2 Å². The van der Waals surface area contributed by atoms with Gasteiger partial charge in [0.05, 0.1) is 16.8 Å². The predicted molar refractivity (Wildman–Crippen MR) is 276 cm³/mol. The molecule has 0 amide bonds. The summed E-state index contributed by atoms with van der Waals surface area (Å²) in [5, 5.41) is 0. The van der Waals surface area contributed by atoms with Gasteiger partial charge >= 0.3 is 0 Å². The molecule has 0 radical (unpaired) electrons. The number of nitrogens with zero attached hydrogens (tertiary/aromatic N) is 2. The Morgan fingerprint density at radius 2 is 0.727 bits per heavy atom. The van der Waals surface area contributed by atoms with Crippen LogP contribution in [0.15, 0.2) is 255 Å². The molecular formula is C64H48N2. The van der Waals surface area contributed by atoms with Crippen LogP contribution < -0.4 is 9.80 Å². The molecule has 12 rings (SSSR count). The Bertz CT molecular complexity index is 3220. The van der Waals surface area contributed by atoms with Gasteiger partial charge in [-0.05, 0) is 133 Å². The lowest BCUT2D eigenvalue weighted by Crippen LogP contribution is -2.37. The van der Waals surface area contributed by atoms with Crippen molar-refractivity contribution in [2.24, 2.45) is 0 Å². The SMILES string of the molecule is CC1(C)c2ccccc2-c2cc(C3(c4ccccc4)c4ccccc4N(c4ccc(N(c5ccc(-c6ccccc6)cc5)c5ccc(-c6ccccc6)cc5)cc4)c4ccccc43)ccc21. The van der Waals surface area contributed by atoms with Gasteiger partial charge in [-0.25, -0.2) is 0 Å². The van der Waals surface area contributed by atoms with Gasteiger partial charge in [-0.3, -0.25) is 0 Å². The summed E-state index contributed by atoms with van der Waals surface area (Å²) in [6.45, 7) is 4.72. The molecule has 66 heavy (non-hydrogen) atoms. The third-order valence-corrected chi connectivity index (χ3v) is 14.2. The molecule has 0 unspecified atom stereocenters. The predicted octanol–water partition coefficient (Wildman–Crippen LogP) is 17.0. The largest absolute Gasteiger partial charge is 0.311 e. The molecule has 0 saturated carbocycles. The van der Waals surface area contributed by atoms with E-state index in [0.717, 1.165) is 22.7 Å². The van der Waals surface area contributed by atoms with Crippen LogP contribution in [-0.2, 0) is 10.8 Å². The lowest BCUT2D eigenvalue weighted by molar-refractivity contribution is 0.658. The first-order valence-corrected chi connectivity index (χ1v) is 23.0. The normalized spacial score (nSPS) is 13.8. The highest BCUT2D eigenvalue weighted by Gasteiger charge is 2.47. The van der Waals surface area contributed by atoms with Gasteiger partial charge in [-0.2, -0.15) is 0 Å². The number of rotatable bonds is 8. The third kappa shape index (κ3) is 6.25. The molecule has 0 aromatic heterocycles. The second-order valence-corrected chi connectivity index (χ2v) is 18.1. The minimum absolute atomic E-state index is 0.0808. The van der Waals surface area contributed by atoms with Crippen LogP contribution in [0.3, 0.4) is 0 Å². The van der Waals surface area contributed by atoms with E-state index < -0.39 is 5.41 Å². The van der Waals surface area contributed by atoms with Gasteiger partial charge < -0.3 is 9.80 Å². The quantitative estimate of drug-likeness (QED) is 0.150. The Morgan fingerprint density at radius 1 is 0.318 bits per heavy atom. The first-order valence-electron chi connectivity index (χ1n) is 23.0. The van der Waals surface area contributed by atoms with Crippen LogP contribution in [0.5, 0.6) is 0 Å². The number of fused-ring (bicyclic) bond motifs is 5. The minimum Gasteiger partial charge on any atom is -0.311 e. The van der Waals surface area contributed by atoms with Crippen LogP contribution in [-0.4, -0.2) is 0 Å². The molecular weight excluding hydrogens is 797 g/mol. The van der Waals surface area contributed by atoms with Gasteiger partial charge in [0.2, 0.25) is 0 Å². The third-order valence-electron chi connectivity index (χ3n) is 14.2. The highest BCUT2D eigenvalue weighted by molar-refractivity contribution is 5.91. The van der Waals surface area contributed by atoms with Gasteiger partial charge in [0.1, 0.15) is 0 Å². The maximum atomic E-state index is 2.50. The minimum atomic E-state index is -0.587. The Hall–Kier alpha value is -8.20. The summed E-state index contributed by atoms with van der Waals surface area (Å²) in [5.74, 6) is 0. The number of benzene rings is 10. The van der Waals surface area contributed by atoms with Crippen LogP contribution in [0.1, 0.15) is 47.2 Å². The number of hydrogen-bond donors (Lipinski definition) is 0. The summed E-state index contributed by atoms with van der Waals surface area (Å²) in [6, 6.07) is 93.7. The maximum absolute atomic E-state index is 2.50. The molecule has 10 aromatic rings. The molecule has 0 N–H and O–H groups in total. The number of hydrogen-bond acceptors (Lipinski definition) is 2. The second-order valence-electron chi connectivity index (χ2n) is 18.1. The van der Waals surface area contributed by atoms with Crippen LogP contribution in [0.25, 0.3) is 33.4 Å². The van der Waals surface area contributed by atoms with Crippen LogP contribution in [0, 0.1) is 0 Å². The van der Waals surface area contributed by atoms with E-state index in [1.54, 1.807) is 0 Å². The molecule has 1 heterocycles. The maximum Gasteiger partial charge on any atom is 0.0742 e. The van der Waals surface area contributed by atoms with Crippen molar-refractivity contribution in [1.29, 1.82) is 0 Å². The van der Waals surface area contributed by atoms with E-state index in [9.17, 15) is 0 Å². The zero-order valence-corrected chi connectivity index (χ0v) is 37.1. The summed E-state index contributed by atoms with van der Waals surface area (Å²) >= 11 is 0. The molecule has 0 spiro atoms. The Morgan fingerprint density at radius 3 is 1.26 bits per heavy atom. The summed E-state index contributed by atoms with van der Waals surface area (Å²) in [6.07, 6.45) is 0. The summed E-state index contributed by atoms with van der Waals surface area (Å²) in [4.78, 5) is 4.83. The molecule has 0 atom stereocenters. The van der Waals surface area contributed by atoms with Crippen LogP contribution in [0.2, 0.25) is 0 Å². The van der Waals surface area contributed by atoms with Crippen molar-refractivity contribution in [3.63, 3.8) is 0 Å². The van der Waals surface area contributed by atoms with Crippen LogP contribution >= 0.6 is 0 Å². The van der Waals surface area contributed by atoms with Crippen molar-refractivity contribution in [2.75, 3.05) is 9.80 Å². The number of anilines is 6. The lowest BCUT2D eigenvalue weighted by atomic mass is 9.62. The van der Waals surface area contributed by atoms with Gasteiger partial charge in [0.15, 0.2) is 0 Å². The van der Waals surface area contributed by atoms with E-state index >= 15 is 0 Å². The number of para-hydroxylation sites is 2. The molecule has 1 aliphatic carbocycles. The average molecular weight is 845 g/mol. The standard InChI is InChI=1S/C64H48N2/c1-63(2)57-25-13-12-24-55(57)56-44-50(34-43-58(56)63)64(49-22-10-5-11-23-49)59-26-14-16-28-61(59)66(62-29-17-15-27-60(62)64)54-41-39-53(40-42-54)65(51-35-30-47(31-36-51)45-18-6-3-7-19-45)52-37-32-48(33-38-52)46-20-8-4-9-21-46/h3-44H,1-2H3. The molecule has 10 aromatic carbocycles. The lowest BCUT2D eigenvalue weighted by Gasteiger charge is -2.46. The molecule has 0 fully saturated rings. The van der Waals surface area contributed by atoms with E-state index in [-0.39, 0.29) is 5.41 Å². The Balaban J connectivity index is 0.995. The van der Waals surface area contributed by atoms with Gasteiger partial charge in [-0.1, -0.05) is 202 Å². The van der Waals surface area contributed by atoms with Crippen molar-refractivity contribution in [3.8, 4) is 33.4 Å². The Labute approximate surface area is 388 Å². The second kappa shape index (κ2) is 15.8. The molecule has 0 saturated heterocycles. The average Bonchev–Trinajstić information content (AvgIpc) is 3.62. The van der Waals surface area contributed by atoms with E-state index in [0.29, 0.717) is 0 Å². The van der Waals surface area contributed by atoms with Crippen molar-refractivity contribution >= 4 is 34.1 Å².